The summed E-state index contributed by atoms with van der Waals surface area (Å²) >= 11 is 0. The minimum atomic E-state index is 0.753. The Balaban J connectivity index is 1.58. The number of piperazine rings is 1. The number of hydrogen-bond acceptors (Lipinski definition) is 4. The number of pyridine rings is 1. The van der Waals surface area contributed by atoms with Crippen molar-refractivity contribution in [3.8, 4) is 5.75 Å². The zero-order chi connectivity index (χ0) is 12.9. The number of nitrogens with one attached hydrogen (secondary N) is 1. The van der Waals surface area contributed by atoms with E-state index < -0.39 is 0 Å². The molecule has 1 saturated carbocycles. The highest BCUT2D eigenvalue weighted by atomic mass is 16.5. The van der Waals surface area contributed by atoms with Gasteiger partial charge in [-0.05, 0) is 18.8 Å². The predicted octanol–water partition coefficient (Wildman–Crippen LogP) is 2.06. The molecule has 0 spiro atoms. The topological polar surface area (TPSA) is 37.4 Å². The predicted molar refractivity (Wildman–Crippen MR) is 76.8 cm³/mol. The molecule has 104 valence electrons. The highest BCUT2D eigenvalue weighted by Crippen LogP contribution is 2.26. The van der Waals surface area contributed by atoms with Crippen molar-refractivity contribution in [3.63, 3.8) is 0 Å². The maximum atomic E-state index is 5.92. The first-order valence-electron chi connectivity index (χ1n) is 7.45. The second kappa shape index (κ2) is 6.24. The zero-order valence-electron chi connectivity index (χ0n) is 11.5. The average molecular weight is 261 g/mol. The van der Waals surface area contributed by atoms with E-state index in [1.165, 1.54) is 31.4 Å². The van der Waals surface area contributed by atoms with Crippen molar-refractivity contribution < 1.29 is 4.74 Å². The lowest BCUT2D eigenvalue weighted by molar-refractivity contribution is 0.251. The standard InChI is InChI=1S/C15H23N3O/c1-2-4-13(3-1)12-19-15-9-14(10-17-11-15)18-7-5-16-6-8-18/h9-11,13,16H,1-8,12H2. The Labute approximate surface area is 115 Å². The van der Waals surface area contributed by atoms with Crippen molar-refractivity contribution >= 4 is 5.69 Å². The van der Waals surface area contributed by atoms with Gasteiger partial charge < -0.3 is 15.0 Å². The van der Waals surface area contributed by atoms with Gasteiger partial charge in [0.2, 0.25) is 0 Å². The Morgan fingerprint density at radius 1 is 1.21 bits per heavy atom. The summed E-state index contributed by atoms with van der Waals surface area (Å²) in [6, 6.07) is 2.13. The van der Waals surface area contributed by atoms with Crippen LogP contribution in [0.1, 0.15) is 25.7 Å². The van der Waals surface area contributed by atoms with Crippen LogP contribution in [0.4, 0.5) is 5.69 Å². The molecule has 2 aliphatic rings. The summed E-state index contributed by atoms with van der Waals surface area (Å²) in [5, 5.41) is 3.37. The van der Waals surface area contributed by atoms with Gasteiger partial charge in [0.1, 0.15) is 5.75 Å². The molecule has 0 atom stereocenters. The molecule has 0 radical (unpaired) electrons. The number of rotatable bonds is 4. The summed E-state index contributed by atoms with van der Waals surface area (Å²) < 4.78 is 5.92. The minimum absolute atomic E-state index is 0.753. The molecule has 1 aliphatic carbocycles. The molecule has 2 heterocycles. The minimum Gasteiger partial charge on any atom is -0.492 e. The van der Waals surface area contributed by atoms with E-state index in [2.05, 4.69) is 21.3 Å². The lowest BCUT2D eigenvalue weighted by Gasteiger charge is -2.29. The van der Waals surface area contributed by atoms with Gasteiger partial charge in [-0.2, -0.15) is 0 Å². The molecular formula is C15H23N3O. The third kappa shape index (κ3) is 3.38. The molecule has 1 aromatic rings. The van der Waals surface area contributed by atoms with Crippen molar-refractivity contribution in [1.82, 2.24) is 10.3 Å². The molecule has 1 saturated heterocycles. The fourth-order valence-corrected chi connectivity index (χ4v) is 2.97. The van der Waals surface area contributed by atoms with Crippen molar-refractivity contribution in [1.29, 1.82) is 0 Å². The Kier molecular flexibility index (Phi) is 4.18. The van der Waals surface area contributed by atoms with Crippen LogP contribution in [0.15, 0.2) is 18.5 Å². The average Bonchev–Trinajstić information content (AvgIpc) is 3.00. The molecule has 1 aromatic heterocycles. The van der Waals surface area contributed by atoms with E-state index in [0.717, 1.165) is 44.5 Å². The maximum absolute atomic E-state index is 5.92. The van der Waals surface area contributed by atoms with Crippen LogP contribution in [0, 0.1) is 5.92 Å². The first kappa shape index (κ1) is 12.7. The van der Waals surface area contributed by atoms with E-state index >= 15 is 0 Å². The van der Waals surface area contributed by atoms with Crippen molar-refractivity contribution in [2.75, 3.05) is 37.7 Å². The fraction of sp³-hybridized carbons (Fsp3) is 0.667. The molecule has 4 nitrogen and oxygen atoms in total. The van der Waals surface area contributed by atoms with Crippen molar-refractivity contribution in [3.05, 3.63) is 18.5 Å². The van der Waals surface area contributed by atoms with E-state index in [-0.39, 0.29) is 0 Å². The Morgan fingerprint density at radius 3 is 2.79 bits per heavy atom. The van der Waals surface area contributed by atoms with E-state index in [9.17, 15) is 0 Å². The van der Waals surface area contributed by atoms with Crippen LogP contribution in [0.2, 0.25) is 0 Å². The van der Waals surface area contributed by atoms with E-state index in [1.54, 1.807) is 0 Å². The number of hydrogen-bond donors (Lipinski definition) is 1. The summed E-state index contributed by atoms with van der Waals surface area (Å²) in [5.74, 6) is 1.67. The second-order valence-corrected chi connectivity index (χ2v) is 5.58. The van der Waals surface area contributed by atoms with Gasteiger partial charge in [0, 0.05) is 32.2 Å². The molecule has 2 fully saturated rings. The molecule has 19 heavy (non-hydrogen) atoms. The van der Waals surface area contributed by atoms with Gasteiger partial charge in [0.25, 0.3) is 0 Å². The van der Waals surface area contributed by atoms with Crippen LogP contribution in [0.5, 0.6) is 5.75 Å². The van der Waals surface area contributed by atoms with Gasteiger partial charge in [-0.3, -0.25) is 4.98 Å². The van der Waals surface area contributed by atoms with Crippen LogP contribution < -0.4 is 15.0 Å². The summed E-state index contributed by atoms with van der Waals surface area (Å²) in [4.78, 5) is 6.68. The first-order chi connectivity index (χ1) is 9.42. The molecular weight excluding hydrogens is 238 g/mol. The van der Waals surface area contributed by atoms with Crippen LogP contribution in [-0.4, -0.2) is 37.8 Å². The maximum Gasteiger partial charge on any atom is 0.139 e. The Morgan fingerprint density at radius 2 is 2.00 bits per heavy atom. The molecule has 1 aliphatic heterocycles. The fourth-order valence-electron chi connectivity index (χ4n) is 2.97. The quantitative estimate of drug-likeness (QED) is 0.900. The number of ether oxygens (including phenoxy) is 1. The number of anilines is 1. The smallest absolute Gasteiger partial charge is 0.139 e. The van der Waals surface area contributed by atoms with Crippen LogP contribution in [-0.2, 0) is 0 Å². The van der Waals surface area contributed by atoms with E-state index in [0.29, 0.717) is 0 Å². The number of nitrogens with zero attached hydrogens (tertiary/aromatic N) is 2. The van der Waals surface area contributed by atoms with Crippen molar-refractivity contribution in [2.45, 2.75) is 25.7 Å². The summed E-state index contributed by atoms with van der Waals surface area (Å²) in [5.41, 5.74) is 1.19. The van der Waals surface area contributed by atoms with Gasteiger partial charge in [0.15, 0.2) is 0 Å². The highest BCUT2D eigenvalue weighted by Gasteiger charge is 2.16. The third-order valence-corrected chi connectivity index (χ3v) is 4.14. The lowest BCUT2D eigenvalue weighted by Crippen LogP contribution is -2.43. The molecule has 0 unspecified atom stereocenters. The monoisotopic (exact) mass is 261 g/mol. The largest absolute Gasteiger partial charge is 0.492 e. The van der Waals surface area contributed by atoms with Crippen molar-refractivity contribution in [2.24, 2.45) is 5.92 Å². The van der Waals surface area contributed by atoms with Gasteiger partial charge in [-0.15, -0.1) is 0 Å². The van der Waals surface area contributed by atoms with Gasteiger partial charge in [0.05, 0.1) is 24.7 Å². The molecule has 0 bridgehead atoms. The molecule has 0 amide bonds. The van der Waals surface area contributed by atoms with Crippen LogP contribution >= 0.6 is 0 Å². The molecule has 3 rings (SSSR count). The van der Waals surface area contributed by atoms with E-state index in [1.807, 2.05) is 12.4 Å². The Hall–Kier alpha value is -1.29. The molecule has 0 aromatic carbocycles. The zero-order valence-corrected chi connectivity index (χ0v) is 11.5. The van der Waals surface area contributed by atoms with Gasteiger partial charge >= 0.3 is 0 Å². The molecule has 4 heteroatoms. The number of aromatic nitrogens is 1. The normalized spacial score (nSPS) is 20.7. The second-order valence-electron chi connectivity index (χ2n) is 5.58. The summed E-state index contributed by atoms with van der Waals surface area (Å²) in [6.45, 7) is 5.05. The lowest BCUT2D eigenvalue weighted by atomic mass is 10.1. The van der Waals surface area contributed by atoms with Gasteiger partial charge in [-0.25, -0.2) is 0 Å². The highest BCUT2D eigenvalue weighted by molar-refractivity contribution is 5.48. The third-order valence-electron chi connectivity index (χ3n) is 4.14. The summed E-state index contributed by atoms with van der Waals surface area (Å²) in [6.07, 6.45) is 9.16. The Bertz CT molecular complexity index is 398. The molecule has 1 N–H and O–H groups in total. The van der Waals surface area contributed by atoms with Crippen LogP contribution in [0.25, 0.3) is 0 Å². The van der Waals surface area contributed by atoms with E-state index in [4.69, 9.17) is 4.74 Å². The SMILES string of the molecule is c1ncc(N2CCNCC2)cc1OCC1CCCC1. The van der Waals surface area contributed by atoms with Gasteiger partial charge in [-0.1, -0.05) is 12.8 Å². The van der Waals surface area contributed by atoms with Crippen LogP contribution in [0.3, 0.4) is 0 Å². The first-order valence-corrected chi connectivity index (χ1v) is 7.45. The summed E-state index contributed by atoms with van der Waals surface area (Å²) in [7, 11) is 0.